The molecule has 0 saturated heterocycles. The van der Waals surface area contributed by atoms with Gasteiger partial charge in [-0.05, 0) is 66.1 Å². The largest absolute Gasteiger partial charge is 0.387 e. The van der Waals surface area contributed by atoms with Crippen LogP contribution in [0.25, 0.3) is 0 Å². The van der Waals surface area contributed by atoms with Gasteiger partial charge in [0.25, 0.3) is 5.91 Å². The van der Waals surface area contributed by atoms with Crippen LogP contribution in [-0.4, -0.2) is 11.9 Å². The molecule has 0 radical (unpaired) electrons. The molecule has 1 aromatic rings. The number of amides is 1. The maximum Gasteiger partial charge on any atom is 0.267 e. The maximum atomic E-state index is 12.3. The van der Waals surface area contributed by atoms with Gasteiger partial charge in [-0.3, -0.25) is 4.79 Å². The smallest absolute Gasteiger partial charge is 0.267 e. The van der Waals surface area contributed by atoms with E-state index in [0.717, 1.165) is 27.7 Å². The van der Waals surface area contributed by atoms with Crippen LogP contribution < -0.4 is 10.6 Å². The van der Waals surface area contributed by atoms with Crippen LogP contribution in [-0.2, 0) is 4.79 Å². The van der Waals surface area contributed by atoms with Crippen LogP contribution in [0.1, 0.15) is 44.1 Å². The van der Waals surface area contributed by atoms with E-state index in [4.69, 9.17) is 0 Å². The molecular formula is C18H22IN3O. The molecule has 0 heterocycles. The average Bonchev–Trinajstić information content (AvgIpc) is 2.79. The number of nitriles is 1. The van der Waals surface area contributed by atoms with Crippen LogP contribution in [0.3, 0.4) is 0 Å². The van der Waals surface area contributed by atoms with Gasteiger partial charge in [0.15, 0.2) is 0 Å². The fourth-order valence-electron chi connectivity index (χ4n) is 2.75. The fourth-order valence-corrected chi connectivity index (χ4v) is 3.40. The Balaban J connectivity index is 2.00. The second kappa shape index (κ2) is 8.92. The summed E-state index contributed by atoms with van der Waals surface area (Å²) in [5.74, 6) is -0.363. The third kappa shape index (κ3) is 5.54. The summed E-state index contributed by atoms with van der Waals surface area (Å²) in [5, 5.41) is 15.3. The number of rotatable bonds is 4. The highest BCUT2D eigenvalue weighted by atomic mass is 127. The third-order valence-electron chi connectivity index (χ3n) is 4.12. The summed E-state index contributed by atoms with van der Waals surface area (Å²) in [6.45, 7) is 1.94. The molecule has 1 fully saturated rings. The zero-order valence-electron chi connectivity index (χ0n) is 13.4. The maximum absolute atomic E-state index is 12.3. The van der Waals surface area contributed by atoms with Crippen molar-refractivity contribution in [3.63, 3.8) is 0 Å². The van der Waals surface area contributed by atoms with Gasteiger partial charge in [-0.1, -0.05) is 25.7 Å². The Morgan fingerprint density at radius 2 is 2.00 bits per heavy atom. The number of halogens is 1. The van der Waals surface area contributed by atoms with Crippen molar-refractivity contribution in [1.29, 1.82) is 5.26 Å². The normalized spacial score (nSPS) is 16.3. The van der Waals surface area contributed by atoms with E-state index >= 15 is 0 Å². The van der Waals surface area contributed by atoms with Crippen LogP contribution in [0.4, 0.5) is 5.69 Å². The summed E-state index contributed by atoms with van der Waals surface area (Å²) in [7, 11) is 0. The van der Waals surface area contributed by atoms with Gasteiger partial charge in [-0.15, -0.1) is 0 Å². The molecule has 1 amide bonds. The summed E-state index contributed by atoms with van der Waals surface area (Å²) in [5.41, 5.74) is 1.84. The van der Waals surface area contributed by atoms with Crippen molar-refractivity contribution >= 4 is 34.2 Å². The molecule has 0 aliphatic heterocycles. The molecule has 0 spiro atoms. The highest BCUT2D eigenvalue weighted by molar-refractivity contribution is 14.1. The number of hydrogen-bond acceptors (Lipinski definition) is 3. The topological polar surface area (TPSA) is 64.9 Å². The van der Waals surface area contributed by atoms with Gasteiger partial charge in [0.1, 0.15) is 11.6 Å². The van der Waals surface area contributed by atoms with Gasteiger partial charge in [0, 0.05) is 21.5 Å². The minimum absolute atomic E-state index is 0.118. The predicted octanol–water partition coefficient (Wildman–Crippen LogP) is 4.26. The Morgan fingerprint density at radius 3 is 2.61 bits per heavy atom. The number of aryl methyl sites for hydroxylation is 1. The molecule has 1 aliphatic carbocycles. The minimum atomic E-state index is -0.363. The van der Waals surface area contributed by atoms with E-state index in [2.05, 4.69) is 33.2 Å². The molecule has 0 aromatic heterocycles. The van der Waals surface area contributed by atoms with Crippen molar-refractivity contribution in [2.24, 2.45) is 0 Å². The molecule has 1 aliphatic rings. The number of anilines is 1. The molecular weight excluding hydrogens is 401 g/mol. The van der Waals surface area contributed by atoms with E-state index in [1.165, 1.54) is 25.7 Å². The number of nitrogens with one attached hydrogen (secondary N) is 2. The van der Waals surface area contributed by atoms with E-state index in [1.54, 1.807) is 6.20 Å². The van der Waals surface area contributed by atoms with Crippen LogP contribution in [0.15, 0.2) is 30.0 Å². The summed E-state index contributed by atoms with van der Waals surface area (Å²) >= 11 is 2.23. The number of nitrogens with zero attached hydrogens (tertiary/aromatic N) is 1. The lowest BCUT2D eigenvalue weighted by Gasteiger charge is -2.14. The summed E-state index contributed by atoms with van der Waals surface area (Å²) in [6, 6.07) is 8.16. The molecule has 0 unspecified atom stereocenters. The first-order valence-corrected chi connectivity index (χ1v) is 9.12. The van der Waals surface area contributed by atoms with E-state index in [-0.39, 0.29) is 11.5 Å². The van der Waals surface area contributed by atoms with Gasteiger partial charge in [0.2, 0.25) is 0 Å². The fraction of sp³-hybridized carbons (Fsp3) is 0.444. The molecule has 2 rings (SSSR count). The molecule has 4 nitrogen and oxygen atoms in total. The van der Waals surface area contributed by atoms with E-state index in [1.807, 2.05) is 31.2 Å². The van der Waals surface area contributed by atoms with Crippen molar-refractivity contribution in [3.05, 3.63) is 39.1 Å². The molecule has 122 valence electrons. The van der Waals surface area contributed by atoms with Crippen LogP contribution in [0.5, 0.6) is 0 Å². The van der Waals surface area contributed by atoms with Crippen LogP contribution in [0.2, 0.25) is 0 Å². The number of benzene rings is 1. The second-order valence-corrected chi connectivity index (χ2v) is 7.18. The first kappa shape index (κ1) is 17.8. The lowest BCUT2D eigenvalue weighted by Crippen LogP contribution is -2.25. The standard InChI is InChI=1S/C18H22IN3O/c1-13-10-15(19)8-9-17(13)22-18(23)14(11-20)12-21-16-6-4-2-3-5-7-16/h8-10,12,16,21H,2-7H2,1H3,(H,22,23)/b14-12-. The lowest BCUT2D eigenvalue weighted by atomic mass is 10.1. The van der Waals surface area contributed by atoms with Gasteiger partial charge >= 0.3 is 0 Å². The quantitative estimate of drug-likeness (QED) is 0.329. The number of carbonyl (C=O) groups is 1. The van der Waals surface area contributed by atoms with E-state index in [9.17, 15) is 10.1 Å². The lowest BCUT2D eigenvalue weighted by molar-refractivity contribution is -0.112. The SMILES string of the molecule is Cc1cc(I)ccc1NC(=O)/C(C#N)=C\NC1CCCCCC1. The second-order valence-electron chi connectivity index (χ2n) is 5.94. The Bertz CT molecular complexity index is 626. The molecule has 23 heavy (non-hydrogen) atoms. The average molecular weight is 423 g/mol. The molecule has 0 bridgehead atoms. The molecule has 2 N–H and O–H groups in total. The molecule has 1 saturated carbocycles. The Hall–Kier alpha value is -1.55. The zero-order chi connectivity index (χ0) is 16.7. The zero-order valence-corrected chi connectivity index (χ0v) is 15.5. The monoisotopic (exact) mass is 423 g/mol. The van der Waals surface area contributed by atoms with Gasteiger partial charge in [0.05, 0.1) is 0 Å². The Labute approximate surface area is 151 Å². The van der Waals surface area contributed by atoms with Gasteiger partial charge in [-0.25, -0.2) is 0 Å². The van der Waals surface area contributed by atoms with Gasteiger partial charge < -0.3 is 10.6 Å². The minimum Gasteiger partial charge on any atom is -0.387 e. The highest BCUT2D eigenvalue weighted by Gasteiger charge is 2.14. The molecule has 5 heteroatoms. The van der Waals surface area contributed by atoms with E-state index in [0.29, 0.717) is 6.04 Å². The van der Waals surface area contributed by atoms with E-state index < -0.39 is 0 Å². The summed E-state index contributed by atoms with van der Waals surface area (Å²) < 4.78 is 1.11. The van der Waals surface area contributed by atoms with Gasteiger partial charge in [-0.2, -0.15) is 5.26 Å². The molecule has 0 atom stereocenters. The Kier molecular flexibility index (Phi) is 6.90. The van der Waals surface area contributed by atoms with Crippen molar-refractivity contribution in [2.75, 3.05) is 5.32 Å². The number of hydrogen-bond donors (Lipinski definition) is 2. The highest BCUT2D eigenvalue weighted by Crippen LogP contribution is 2.19. The predicted molar refractivity (Wildman–Crippen MR) is 101 cm³/mol. The van der Waals surface area contributed by atoms with Crippen molar-refractivity contribution < 1.29 is 4.79 Å². The van der Waals surface area contributed by atoms with Crippen molar-refractivity contribution in [1.82, 2.24) is 5.32 Å². The number of carbonyl (C=O) groups excluding carboxylic acids is 1. The summed E-state index contributed by atoms with van der Waals surface area (Å²) in [4.78, 5) is 12.3. The third-order valence-corrected chi connectivity index (χ3v) is 4.79. The van der Waals surface area contributed by atoms with Crippen molar-refractivity contribution in [3.8, 4) is 6.07 Å². The summed E-state index contributed by atoms with van der Waals surface area (Å²) in [6.07, 6.45) is 8.76. The molecule has 1 aromatic carbocycles. The van der Waals surface area contributed by atoms with Crippen molar-refractivity contribution in [2.45, 2.75) is 51.5 Å². The first-order valence-electron chi connectivity index (χ1n) is 8.04. The van der Waals surface area contributed by atoms with Crippen LogP contribution in [0, 0.1) is 21.8 Å². The Morgan fingerprint density at radius 1 is 1.30 bits per heavy atom. The van der Waals surface area contributed by atoms with Crippen LogP contribution >= 0.6 is 22.6 Å². The first-order chi connectivity index (χ1) is 11.1.